The first-order chi connectivity index (χ1) is 12.7. The summed E-state index contributed by atoms with van der Waals surface area (Å²) >= 11 is 0. The van der Waals surface area contributed by atoms with Gasteiger partial charge < -0.3 is 10.2 Å². The maximum atomic E-state index is 12.5. The third kappa shape index (κ3) is 5.25. The molecule has 1 fully saturated rings. The van der Waals surface area contributed by atoms with Gasteiger partial charge in [-0.3, -0.25) is 9.78 Å². The number of nitrogens with zero attached hydrogens (tertiary/aromatic N) is 4. The van der Waals surface area contributed by atoms with E-state index in [1.165, 1.54) is 44.1 Å². The quantitative estimate of drug-likeness (QED) is 0.807. The molecule has 0 atom stereocenters. The fraction of sp³-hybridized carbons (Fsp3) is 0.500. The molecule has 0 radical (unpaired) electrons. The van der Waals surface area contributed by atoms with Gasteiger partial charge in [0.25, 0.3) is 5.91 Å². The summed E-state index contributed by atoms with van der Waals surface area (Å²) in [6.07, 6.45) is 15.1. The van der Waals surface area contributed by atoms with Crippen molar-refractivity contribution in [2.75, 3.05) is 18.9 Å². The van der Waals surface area contributed by atoms with Gasteiger partial charge in [0.1, 0.15) is 0 Å². The molecule has 2 aromatic heterocycles. The van der Waals surface area contributed by atoms with E-state index in [1.54, 1.807) is 36.7 Å². The first-order valence-corrected chi connectivity index (χ1v) is 9.45. The highest BCUT2D eigenvalue weighted by molar-refractivity contribution is 5.93. The molecule has 1 N–H and O–H groups in total. The summed E-state index contributed by atoms with van der Waals surface area (Å²) in [7, 11) is 1.81. The maximum Gasteiger partial charge on any atom is 0.256 e. The van der Waals surface area contributed by atoms with Crippen LogP contribution in [0, 0.1) is 0 Å². The van der Waals surface area contributed by atoms with Crippen LogP contribution in [0.25, 0.3) is 0 Å². The molecule has 6 heteroatoms. The predicted molar refractivity (Wildman–Crippen MR) is 102 cm³/mol. The van der Waals surface area contributed by atoms with E-state index in [-0.39, 0.29) is 5.91 Å². The van der Waals surface area contributed by atoms with Crippen LogP contribution in [0.5, 0.6) is 0 Å². The van der Waals surface area contributed by atoms with E-state index >= 15 is 0 Å². The first kappa shape index (κ1) is 18.3. The largest absolute Gasteiger partial charge is 0.351 e. The zero-order valence-corrected chi connectivity index (χ0v) is 15.4. The minimum atomic E-state index is -0.0555. The van der Waals surface area contributed by atoms with Gasteiger partial charge in [-0.1, -0.05) is 25.7 Å². The van der Waals surface area contributed by atoms with Gasteiger partial charge in [0.2, 0.25) is 5.95 Å². The third-order valence-corrected chi connectivity index (χ3v) is 4.92. The van der Waals surface area contributed by atoms with Gasteiger partial charge in [0, 0.05) is 44.4 Å². The number of carbonyl (C=O) groups excluding carboxylic acids is 1. The van der Waals surface area contributed by atoms with Crippen LogP contribution in [0.2, 0.25) is 0 Å². The molecule has 0 aliphatic heterocycles. The standard InChI is InChI=1S/C20H27N5O/c1-25(13-10-16-8-11-21-12-9-16)19(26)17-14-22-20(23-15-17)24-18-6-4-2-3-5-7-18/h8-9,11-12,14-15,18H,2-7,10,13H2,1H3,(H,22,23,24). The number of pyridine rings is 1. The second-order valence-corrected chi connectivity index (χ2v) is 6.96. The molecule has 0 spiro atoms. The number of nitrogens with one attached hydrogen (secondary N) is 1. The number of hydrogen-bond acceptors (Lipinski definition) is 5. The Bertz CT molecular complexity index is 681. The average molecular weight is 353 g/mol. The fourth-order valence-corrected chi connectivity index (χ4v) is 3.29. The normalized spacial score (nSPS) is 15.3. The smallest absolute Gasteiger partial charge is 0.256 e. The number of rotatable bonds is 6. The van der Waals surface area contributed by atoms with Crippen molar-refractivity contribution in [2.24, 2.45) is 0 Å². The lowest BCUT2D eigenvalue weighted by Crippen LogP contribution is -2.29. The molecular weight excluding hydrogens is 326 g/mol. The van der Waals surface area contributed by atoms with Crippen LogP contribution < -0.4 is 5.32 Å². The Hall–Kier alpha value is -2.50. The Morgan fingerprint density at radius 1 is 1.12 bits per heavy atom. The highest BCUT2D eigenvalue weighted by atomic mass is 16.2. The van der Waals surface area contributed by atoms with E-state index in [2.05, 4.69) is 20.3 Å². The van der Waals surface area contributed by atoms with Crippen LogP contribution in [-0.4, -0.2) is 45.4 Å². The van der Waals surface area contributed by atoms with Gasteiger partial charge in [-0.25, -0.2) is 9.97 Å². The summed E-state index contributed by atoms with van der Waals surface area (Å²) < 4.78 is 0. The lowest BCUT2D eigenvalue weighted by atomic mass is 10.1. The minimum absolute atomic E-state index is 0.0555. The topological polar surface area (TPSA) is 71.0 Å². The van der Waals surface area contributed by atoms with Crippen LogP contribution in [-0.2, 0) is 6.42 Å². The number of carbonyl (C=O) groups is 1. The second-order valence-electron chi connectivity index (χ2n) is 6.96. The molecule has 0 aromatic carbocycles. The molecule has 1 aliphatic carbocycles. The molecule has 2 heterocycles. The van der Waals surface area contributed by atoms with Crippen molar-refractivity contribution in [1.29, 1.82) is 0 Å². The summed E-state index contributed by atoms with van der Waals surface area (Å²) in [5.74, 6) is 0.563. The Labute approximate surface area is 155 Å². The number of hydrogen-bond donors (Lipinski definition) is 1. The van der Waals surface area contributed by atoms with Gasteiger partial charge >= 0.3 is 0 Å². The Morgan fingerprint density at radius 2 is 1.77 bits per heavy atom. The van der Waals surface area contributed by atoms with Crippen LogP contribution in [0.15, 0.2) is 36.9 Å². The Kier molecular flexibility index (Phi) is 6.52. The second kappa shape index (κ2) is 9.27. The highest BCUT2D eigenvalue weighted by Gasteiger charge is 2.15. The molecule has 138 valence electrons. The van der Waals surface area contributed by atoms with Gasteiger partial charge in [0.05, 0.1) is 5.56 Å². The molecule has 0 unspecified atom stereocenters. The van der Waals surface area contributed by atoms with Crippen LogP contribution in [0.3, 0.4) is 0 Å². The number of aromatic nitrogens is 3. The van der Waals surface area contributed by atoms with Crippen molar-refractivity contribution in [3.63, 3.8) is 0 Å². The molecule has 6 nitrogen and oxygen atoms in total. The van der Waals surface area contributed by atoms with Gasteiger partial charge in [-0.2, -0.15) is 0 Å². The van der Waals surface area contributed by atoms with Crippen molar-refractivity contribution in [2.45, 2.75) is 51.0 Å². The van der Waals surface area contributed by atoms with E-state index in [4.69, 9.17) is 0 Å². The zero-order valence-electron chi connectivity index (χ0n) is 15.4. The molecule has 0 saturated heterocycles. The van der Waals surface area contributed by atoms with E-state index in [1.807, 2.05) is 12.1 Å². The maximum absolute atomic E-state index is 12.5. The first-order valence-electron chi connectivity index (χ1n) is 9.45. The summed E-state index contributed by atoms with van der Waals surface area (Å²) in [6.45, 7) is 0.644. The summed E-state index contributed by atoms with van der Waals surface area (Å²) in [5.41, 5.74) is 1.69. The predicted octanol–water partition coefficient (Wildman–Crippen LogP) is 3.32. The van der Waals surface area contributed by atoms with Gasteiger partial charge in [-0.15, -0.1) is 0 Å². The average Bonchev–Trinajstić information content (AvgIpc) is 2.95. The van der Waals surface area contributed by atoms with Crippen LogP contribution in [0.1, 0.15) is 54.4 Å². The Balaban J connectivity index is 1.52. The van der Waals surface area contributed by atoms with Crippen LogP contribution >= 0.6 is 0 Å². The van der Waals surface area contributed by atoms with Gasteiger partial charge in [0.15, 0.2) is 0 Å². The molecule has 0 bridgehead atoms. The molecular formula is C20H27N5O. The van der Waals surface area contributed by atoms with Gasteiger partial charge in [-0.05, 0) is 37.0 Å². The Morgan fingerprint density at radius 3 is 2.42 bits per heavy atom. The molecule has 2 aromatic rings. The number of anilines is 1. The number of amides is 1. The van der Waals surface area contributed by atoms with Crippen molar-refractivity contribution in [3.05, 3.63) is 48.0 Å². The van der Waals surface area contributed by atoms with E-state index in [0.29, 0.717) is 24.1 Å². The zero-order chi connectivity index (χ0) is 18.2. The molecule has 1 saturated carbocycles. The fourth-order valence-electron chi connectivity index (χ4n) is 3.29. The molecule has 1 amide bonds. The summed E-state index contributed by atoms with van der Waals surface area (Å²) in [4.78, 5) is 26.9. The lowest BCUT2D eigenvalue weighted by molar-refractivity contribution is 0.0796. The van der Waals surface area contributed by atoms with Crippen molar-refractivity contribution < 1.29 is 4.79 Å². The SMILES string of the molecule is CN(CCc1ccncc1)C(=O)c1cnc(NC2CCCCCC2)nc1. The summed E-state index contributed by atoms with van der Waals surface area (Å²) in [5, 5.41) is 3.41. The third-order valence-electron chi connectivity index (χ3n) is 4.92. The lowest BCUT2D eigenvalue weighted by Gasteiger charge is -2.18. The monoisotopic (exact) mass is 353 g/mol. The van der Waals surface area contributed by atoms with Crippen molar-refractivity contribution in [1.82, 2.24) is 19.9 Å². The molecule has 26 heavy (non-hydrogen) atoms. The highest BCUT2D eigenvalue weighted by Crippen LogP contribution is 2.19. The van der Waals surface area contributed by atoms with Crippen LogP contribution in [0.4, 0.5) is 5.95 Å². The molecule has 3 rings (SSSR count). The molecule has 1 aliphatic rings. The van der Waals surface area contributed by atoms with Crippen molar-refractivity contribution in [3.8, 4) is 0 Å². The van der Waals surface area contributed by atoms with E-state index < -0.39 is 0 Å². The van der Waals surface area contributed by atoms with Crippen molar-refractivity contribution >= 4 is 11.9 Å². The minimum Gasteiger partial charge on any atom is -0.351 e. The number of likely N-dealkylation sites (N-methyl/N-ethyl adjacent to an activating group) is 1. The van der Waals surface area contributed by atoms with E-state index in [0.717, 1.165) is 6.42 Å². The van der Waals surface area contributed by atoms with E-state index in [9.17, 15) is 4.79 Å². The summed E-state index contributed by atoms with van der Waals surface area (Å²) in [6, 6.07) is 4.38.